The van der Waals surface area contributed by atoms with Gasteiger partial charge in [0.15, 0.2) is 28.8 Å². The minimum atomic E-state index is -0.338. The molecule has 0 radical (unpaired) electrons. The van der Waals surface area contributed by atoms with Crippen LogP contribution in [0.4, 0.5) is 11.4 Å². The van der Waals surface area contributed by atoms with Crippen molar-refractivity contribution in [3.63, 3.8) is 0 Å². The predicted octanol–water partition coefficient (Wildman–Crippen LogP) is 5.70. The Bertz CT molecular complexity index is 1330. The third-order valence-electron chi connectivity index (χ3n) is 6.93. The van der Waals surface area contributed by atoms with Crippen LogP contribution in [0.3, 0.4) is 0 Å². The average molecular weight is 487 g/mol. The van der Waals surface area contributed by atoms with Crippen LogP contribution in [0, 0.1) is 0 Å². The molecule has 2 aliphatic rings. The third kappa shape index (κ3) is 4.21. The standard InChI is InChI=1S/C29H30N2O5/c1-33-24-11-9-17(15-26(24)35-3)19-13-22-28(23(32)14-19)29(31-21-8-6-5-7-20(21)30-22)18-10-12-25(34-2)27(16-18)36-4/h5-12,15-16,19,29-31H,13-14H2,1-4H3. The van der Waals surface area contributed by atoms with Crippen molar-refractivity contribution in [2.45, 2.75) is 24.8 Å². The van der Waals surface area contributed by atoms with E-state index in [0.29, 0.717) is 35.8 Å². The summed E-state index contributed by atoms with van der Waals surface area (Å²) in [5, 5.41) is 7.19. The van der Waals surface area contributed by atoms with Crippen molar-refractivity contribution in [2.75, 3.05) is 39.1 Å². The Labute approximate surface area is 211 Å². The average Bonchev–Trinajstić information content (AvgIpc) is 3.09. The molecule has 36 heavy (non-hydrogen) atoms. The lowest BCUT2D eigenvalue weighted by molar-refractivity contribution is -0.116. The van der Waals surface area contributed by atoms with Crippen molar-refractivity contribution in [1.29, 1.82) is 0 Å². The summed E-state index contributed by atoms with van der Waals surface area (Å²) in [6.45, 7) is 0. The lowest BCUT2D eigenvalue weighted by Crippen LogP contribution is -2.27. The van der Waals surface area contributed by atoms with Crippen molar-refractivity contribution in [3.8, 4) is 23.0 Å². The van der Waals surface area contributed by atoms with Gasteiger partial charge in [0, 0.05) is 17.7 Å². The first-order valence-corrected chi connectivity index (χ1v) is 11.9. The number of carbonyl (C=O) groups excluding carboxylic acids is 1. The van der Waals surface area contributed by atoms with E-state index in [4.69, 9.17) is 18.9 Å². The molecule has 3 aromatic rings. The number of anilines is 2. The van der Waals surface area contributed by atoms with Gasteiger partial charge in [-0.05, 0) is 59.9 Å². The quantitative estimate of drug-likeness (QED) is 0.463. The van der Waals surface area contributed by atoms with Crippen LogP contribution in [0.15, 0.2) is 71.9 Å². The first kappa shape index (κ1) is 23.6. The van der Waals surface area contributed by atoms with Gasteiger partial charge < -0.3 is 29.6 Å². The largest absolute Gasteiger partial charge is 0.493 e. The third-order valence-corrected chi connectivity index (χ3v) is 6.93. The van der Waals surface area contributed by atoms with Crippen molar-refractivity contribution in [1.82, 2.24) is 0 Å². The SMILES string of the molecule is COc1ccc(C2CC(=O)C3=C(C2)Nc2ccccc2NC3c2ccc(OC)c(OC)c2)cc1OC. The van der Waals surface area contributed by atoms with E-state index in [2.05, 4.69) is 10.6 Å². The van der Waals surface area contributed by atoms with Gasteiger partial charge in [-0.3, -0.25) is 4.79 Å². The number of allylic oxidation sites excluding steroid dienone is 1. The molecule has 0 saturated heterocycles. The van der Waals surface area contributed by atoms with Crippen LogP contribution in [0.1, 0.15) is 35.9 Å². The van der Waals surface area contributed by atoms with E-state index in [1.807, 2.05) is 60.7 Å². The maximum Gasteiger partial charge on any atom is 0.163 e. The number of carbonyl (C=O) groups is 1. The molecule has 0 amide bonds. The molecular weight excluding hydrogens is 456 g/mol. The number of Topliss-reactive ketones (excluding diaryl/α,β-unsaturated/α-hetero) is 1. The van der Waals surface area contributed by atoms with Crippen LogP contribution < -0.4 is 29.6 Å². The highest BCUT2D eigenvalue weighted by Gasteiger charge is 2.36. The van der Waals surface area contributed by atoms with Crippen LogP contribution >= 0.6 is 0 Å². The fourth-order valence-electron chi connectivity index (χ4n) is 5.12. The van der Waals surface area contributed by atoms with E-state index in [-0.39, 0.29) is 17.7 Å². The molecule has 2 atom stereocenters. The summed E-state index contributed by atoms with van der Waals surface area (Å²) < 4.78 is 21.9. The van der Waals surface area contributed by atoms with Gasteiger partial charge in [0.2, 0.25) is 0 Å². The summed E-state index contributed by atoms with van der Waals surface area (Å²) in [5.74, 6) is 2.71. The Kier molecular flexibility index (Phi) is 6.46. The fourth-order valence-corrected chi connectivity index (χ4v) is 5.12. The predicted molar refractivity (Wildman–Crippen MR) is 140 cm³/mol. The van der Waals surface area contributed by atoms with Crippen molar-refractivity contribution >= 4 is 17.2 Å². The monoisotopic (exact) mass is 486 g/mol. The van der Waals surface area contributed by atoms with Gasteiger partial charge in [-0.25, -0.2) is 0 Å². The first-order chi connectivity index (χ1) is 17.6. The highest BCUT2D eigenvalue weighted by atomic mass is 16.5. The van der Waals surface area contributed by atoms with Crippen LogP contribution in [-0.2, 0) is 4.79 Å². The Morgan fingerprint density at radius 1 is 0.694 bits per heavy atom. The van der Waals surface area contributed by atoms with Gasteiger partial charge in [0.1, 0.15) is 0 Å². The zero-order valence-electron chi connectivity index (χ0n) is 20.9. The molecule has 186 valence electrons. The number of hydrogen-bond donors (Lipinski definition) is 2. The zero-order valence-corrected chi connectivity index (χ0v) is 20.9. The highest BCUT2D eigenvalue weighted by molar-refractivity contribution is 6.01. The summed E-state index contributed by atoms with van der Waals surface area (Å²) in [5.41, 5.74) is 5.51. The Morgan fingerprint density at radius 3 is 1.92 bits per heavy atom. The fraction of sp³-hybridized carbons (Fsp3) is 0.276. The first-order valence-electron chi connectivity index (χ1n) is 11.9. The van der Waals surface area contributed by atoms with Gasteiger partial charge >= 0.3 is 0 Å². The number of ketones is 1. The Morgan fingerprint density at radius 2 is 1.28 bits per heavy atom. The van der Waals surface area contributed by atoms with E-state index >= 15 is 0 Å². The maximum atomic E-state index is 13.8. The molecule has 1 heterocycles. The van der Waals surface area contributed by atoms with Crippen LogP contribution in [0.5, 0.6) is 23.0 Å². The molecule has 0 spiro atoms. The number of methoxy groups -OCH3 is 4. The number of rotatable bonds is 6. The molecule has 7 nitrogen and oxygen atoms in total. The van der Waals surface area contributed by atoms with Crippen LogP contribution in [-0.4, -0.2) is 34.2 Å². The summed E-state index contributed by atoms with van der Waals surface area (Å²) in [6, 6.07) is 19.3. The zero-order chi connectivity index (χ0) is 25.2. The van der Waals surface area contributed by atoms with Crippen molar-refractivity contribution in [2.24, 2.45) is 0 Å². The van der Waals surface area contributed by atoms with E-state index in [1.165, 1.54) is 0 Å². The van der Waals surface area contributed by atoms with Crippen LogP contribution in [0.2, 0.25) is 0 Å². The topological polar surface area (TPSA) is 78.1 Å². The second-order valence-corrected chi connectivity index (χ2v) is 8.90. The van der Waals surface area contributed by atoms with Gasteiger partial charge in [-0.1, -0.05) is 24.3 Å². The molecule has 3 aromatic carbocycles. The summed E-state index contributed by atoms with van der Waals surface area (Å²) in [6.07, 6.45) is 1.09. The molecule has 0 fully saturated rings. The highest BCUT2D eigenvalue weighted by Crippen LogP contribution is 2.46. The molecule has 0 aromatic heterocycles. The van der Waals surface area contributed by atoms with E-state index in [0.717, 1.165) is 33.8 Å². The number of hydrogen-bond acceptors (Lipinski definition) is 7. The van der Waals surface area contributed by atoms with Gasteiger partial charge in [0.25, 0.3) is 0 Å². The normalized spacial score (nSPS) is 18.7. The van der Waals surface area contributed by atoms with Crippen molar-refractivity contribution in [3.05, 3.63) is 83.1 Å². The number of para-hydroxylation sites is 2. The summed E-state index contributed by atoms with van der Waals surface area (Å²) in [4.78, 5) is 13.8. The lowest BCUT2D eigenvalue weighted by Gasteiger charge is -2.30. The van der Waals surface area contributed by atoms with Crippen molar-refractivity contribution < 1.29 is 23.7 Å². The van der Waals surface area contributed by atoms with E-state index < -0.39 is 0 Å². The molecule has 1 aliphatic carbocycles. The molecule has 2 N–H and O–H groups in total. The van der Waals surface area contributed by atoms with Gasteiger partial charge in [-0.15, -0.1) is 0 Å². The van der Waals surface area contributed by atoms with Gasteiger partial charge in [0.05, 0.1) is 45.9 Å². The lowest BCUT2D eigenvalue weighted by atomic mass is 9.78. The smallest absolute Gasteiger partial charge is 0.163 e. The number of fused-ring (bicyclic) bond motifs is 1. The van der Waals surface area contributed by atoms with Crippen LogP contribution in [0.25, 0.3) is 0 Å². The maximum absolute atomic E-state index is 13.8. The molecule has 0 saturated carbocycles. The molecule has 0 bridgehead atoms. The molecule has 2 unspecified atom stereocenters. The Balaban J connectivity index is 1.59. The molecule has 7 heteroatoms. The number of benzene rings is 3. The second kappa shape index (κ2) is 9.85. The number of ether oxygens (including phenoxy) is 4. The van der Waals surface area contributed by atoms with Gasteiger partial charge in [-0.2, -0.15) is 0 Å². The second-order valence-electron chi connectivity index (χ2n) is 8.90. The molecule has 5 rings (SSSR count). The molecule has 1 aliphatic heterocycles. The summed E-state index contributed by atoms with van der Waals surface area (Å²) in [7, 11) is 6.47. The molecular formula is C29H30N2O5. The van der Waals surface area contributed by atoms with E-state index in [9.17, 15) is 4.79 Å². The van der Waals surface area contributed by atoms with E-state index in [1.54, 1.807) is 28.4 Å². The minimum absolute atomic E-state index is 0.0138. The Hall–Kier alpha value is -4.13. The minimum Gasteiger partial charge on any atom is -0.493 e. The summed E-state index contributed by atoms with van der Waals surface area (Å²) >= 11 is 0. The number of nitrogens with one attached hydrogen (secondary N) is 2.